The van der Waals surface area contributed by atoms with Crippen LogP contribution in [0.1, 0.15) is 17.5 Å². The molecule has 0 aliphatic rings. The SMILES string of the molecule is CC(CO)NC(=O)c1cc2cc(Cl)ccc2o1. The van der Waals surface area contributed by atoms with Crippen LogP contribution >= 0.6 is 11.6 Å². The standard InChI is InChI=1S/C12H12ClNO3/c1-7(6-15)14-12(16)11-5-8-4-9(13)2-3-10(8)17-11/h2-5,7,15H,6H2,1H3,(H,14,16). The molecule has 1 heterocycles. The molecule has 1 unspecified atom stereocenters. The Bertz CT molecular complexity index is 550. The molecule has 0 saturated heterocycles. The average molecular weight is 254 g/mol. The highest BCUT2D eigenvalue weighted by Gasteiger charge is 2.14. The Balaban J connectivity index is 2.27. The second-order valence-electron chi connectivity index (χ2n) is 3.85. The summed E-state index contributed by atoms with van der Waals surface area (Å²) in [5.41, 5.74) is 0.608. The number of amides is 1. The van der Waals surface area contributed by atoms with Crippen molar-refractivity contribution in [2.24, 2.45) is 0 Å². The topological polar surface area (TPSA) is 62.5 Å². The van der Waals surface area contributed by atoms with Crippen molar-refractivity contribution in [1.82, 2.24) is 5.32 Å². The lowest BCUT2D eigenvalue weighted by Gasteiger charge is -2.08. The van der Waals surface area contributed by atoms with Gasteiger partial charge in [-0.2, -0.15) is 0 Å². The van der Waals surface area contributed by atoms with Gasteiger partial charge < -0.3 is 14.8 Å². The normalized spacial score (nSPS) is 12.6. The van der Waals surface area contributed by atoms with Gasteiger partial charge in [0.25, 0.3) is 5.91 Å². The summed E-state index contributed by atoms with van der Waals surface area (Å²) in [5, 5.41) is 12.8. The zero-order chi connectivity index (χ0) is 12.4. The molecule has 0 fully saturated rings. The van der Waals surface area contributed by atoms with E-state index in [0.717, 1.165) is 5.39 Å². The van der Waals surface area contributed by atoms with E-state index >= 15 is 0 Å². The number of rotatable bonds is 3. The van der Waals surface area contributed by atoms with Crippen molar-refractivity contribution in [1.29, 1.82) is 0 Å². The number of benzene rings is 1. The molecule has 2 N–H and O–H groups in total. The molecule has 4 nitrogen and oxygen atoms in total. The molecule has 90 valence electrons. The first-order valence-corrected chi connectivity index (χ1v) is 5.59. The van der Waals surface area contributed by atoms with Crippen LogP contribution in [0.15, 0.2) is 28.7 Å². The molecule has 2 aromatic rings. The van der Waals surface area contributed by atoms with Gasteiger partial charge in [0.15, 0.2) is 5.76 Å². The first kappa shape index (κ1) is 12.0. The number of hydrogen-bond acceptors (Lipinski definition) is 3. The van der Waals surface area contributed by atoms with Crippen LogP contribution in [0.4, 0.5) is 0 Å². The molecule has 5 heteroatoms. The zero-order valence-corrected chi connectivity index (χ0v) is 9.99. The van der Waals surface area contributed by atoms with Gasteiger partial charge in [0.05, 0.1) is 6.61 Å². The monoisotopic (exact) mass is 253 g/mol. The number of hydrogen-bond donors (Lipinski definition) is 2. The van der Waals surface area contributed by atoms with Crippen LogP contribution in [0.5, 0.6) is 0 Å². The maximum atomic E-state index is 11.7. The molecule has 1 atom stereocenters. The summed E-state index contributed by atoms with van der Waals surface area (Å²) in [6, 6.07) is 6.46. The van der Waals surface area contributed by atoms with Gasteiger partial charge in [0, 0.05) is 16.5 Å². The van der Waals surface area contributed by atoms with Crippen LogP contribution in [-0.2, 0) is 0 Å². The Hall–Kier alpha value is -1.52. The van der Waals surface area contributed by atoms with Crippen molar-refractivity contribution in [3.05, 3.63) is 35.0 Å². The van der Waals surface area contributed by atoms with Crippen molar-refractivity contribution in [3.63, 3.8) is 0 Å². The van der Waals surface area contributed by atoms with E-state index in [0.29, 0.717) is 10.6 Å². The first-order valence-electron chi connectivity index (χ1n) is 5.21. The van der Waals surface area contributed by atoms with E-state index < -0.39 is 0 Å². The van der Waals surface area contributed by atoms with Gasteiger partial charge >= 0.3 is 0 Å². The van der Waals surface area contributed by atoms with Gasteiger partial charge in [-0.3, -0.25) is 4.79 Å². The van der Waals surface area contributed by atoms with Crippen molar-refractivity contribution in [2.45, 2.75) is 13.0 Å². The van der Waals surface area contributed by atoms with Gasteiger partial charge in [-0.1, -0.05) is 11.6 Å². The maximum absolute atomic E-state index is 11.7. The largest absolute Gasteiger partial charge is 0.451 e. The molecular formula is C12H12ClNO3. The Morgan fingerprint density at radius 1 is 1.53 bits per heavy atom. The molecule has 0 spiro atoms. The van der Waals surface area contributed by atoms with E-state index in [9.17, 15) is 4.79 Å². The van der Waals surface area contributed by atoms with Crippen molar-refractivity contribution < 1.29 is 14.3 Å². The molecule has 1 aromatic carbocycles. The van der Waals surface area contributed by atoms with Gasteiger partial charge in [-0.25, -0.2) is 0 Å². The molecule has 17 heavy (non-hydrogen) atoms. The van der Waals surface area contributed by atoms with E-state index in [1.807, 2.05) is 0 Å². The van der Waals surface area contributed by atoms with E-state index in [4.69, 9.17) is 21.1 Å². The molecule has 1 aromatic heterocycles. The Morgan fingerprint density at radius 3 is 3.00 bits per heavy atom. The smallest absolute Gasteiger partial charge is 0.287 e. The van der Waals surface area contributed by atoms with Crippen molar-refractivity contribution in [3.8, 4) is 0 Å². The summed E-state index contributed by atoms with van der Waals surface area (Å²) in [6.07, 6.45) is 0. The van der Waals surface area contributed by atoms with Gasteiger partial charge in [-0.15, -0.1) is 0 Å². The van der Waals surface area contributed by atoms with Gasteiger partial charge in [0.1, 0.15) is 5.58 Å². The predicted octanol–water partition coefficient (Wildman–Crippen LogP) is 2.20. The fraction of sp³-hybridized carbons (Fsp3) is 0.250. The minimum atomic E-state index is -0.348. The number of halogens is 1. The van der Waals surface area contributed by atoms with E-state index in [-0.39, 0.29) is 24.3 Å². The van der Waals surface area contributed by atoms with E-state index in [2.05, 4.69) is 5.32 Å². The summed E-state index contributed by atoms with van der Waals surface area (Å²) in [7, 11) is 0. The summed E-state index contributed by atoms with van der Waals surface area (Å²) < 4.78 is 5.38. The van der Waals surface area contributed by atoms with Crippen molar-refractivity contribution >= 4 is 28.5 Å². The van der Waals surface area contributed by atoms with Crippen LogP contribution in [0.25, 0.3) is 11.0 Å². The molecule has 2 rings (SSSR count). The third kappa shape index (κ3) is 2.60. The Kier molecular flexibility index (Phi) is 3.36. The Labute approximate surface area is 103 Å². The number of aliphatic hydroxyl groups is 1. The molecule has 0 aliphatic heterocycles. The maximum Gasteiger partial charge on any atom is 0.287 e. The molecule has 0 bridgehead atoms. The number of fused-ring (bicyclic) bond motifs is 1. The third-order valence-corrected chi connectivity index (χ3v) is 2.59. The number of carbonyl (C=O) groups is 1. The zero-order valence-electron chi connectivity index (χ0n) is 9.24. The molecule has 0 saturated carbocycles. The number of nitrogens with one attached hydrogen (secondary N) is 1. The van der Waals surface area contributed by atoms with Crippen molar-refractivity contribution in [2.75, 3.05) is 6.61 Å². The van der Waals surface area contributed by atoms with E-state index in [1.54, 1.807) is 31.2 Å². The lowest BCUT2D eigenvalue weighted by molar-refractivity contribution is 0.0896. The van der Waals surface area contributed by atoms with Gasteiger partial charge in [-0.05, 0) is 31.2 Å². The third-order valence-electron chi connectivity index (χ3n) is 2.35. The number of carbonyl (C=O) groups excluding carboxylic acids is 1. The summed E-state index contributed by atoms with van der Waals surface area (Å²) in [6.45, 7) is 1.59. The first-order chi connectivity index (χ1) is 8.10. The lowest BCUT2D eigenvalue weighted by Crippen LogP contribution is -2.34. The average Bonchev–Trinajstić information content (AvgIpc) is 2.71. The molecular weight excluding hydrogens is 242 g/mol. The highest BCUT2D eigenvalue weighted by molar-refractivity contribution is 6.31. The lowest BCUT2D eigenvalue weighted by atomic mass is 10.2. The predicted molar refractivity (Wildman–Crippen MR) is 65.2 cm³/mol. The summed E-state index contributed by atoms with van der Waals surface area (Å²) in [5.74, 6) is -0.138. The molecule has 0 radical (unpaired) electrons. The van der Waals surface area contributed by atoms with Crippen LogP contribution < -0.4 is 5.32 Å². The van der Waals surface area contributed by atoms with E-state index in [1.165, 1.54) is 0 Å². The van der Waals surface area contributed by atoms with Gasteiger partial charge in [0.2, 0.25) is 0 Å². The molecule has 1 amide bonds. The van der Waals surface area contributed by atoms with Crippen LogP contribution in [-0.4, -0.2) is 23.7 Å². The molecule has 0 aliphatic carbocycles. The fourth-order valence-electron chi connectivity index (χ4n) is 1.47. The summed E-state index contributed by atoms with van der Waals surface area (Å²) in [4.78, 5) is 11.7. The van der Waals surface area contributed by atoms with Crippen LogP contribution in [0.2, 0.25) is 5.02 Å². The van der Waals surface area contributed by atoms with Crippen LogP contribution in [0, 0.1) is 0 Å². The second kappa shape index (κ2) is 4.77. The summed E-state index contributed by atoms with van der Waals surface area (Å²) >= 11 is 5.84. The minimum absolute atomic E-state index is 0.113. The highest BCUT2D eigenvalue weighted by atomic mass is 35.5. The second-order valence-corrected chi connectivity index (χ2v) is 4.29. The minimum Gasteiger partial charge on any atom is -0.451 e. The fourth-order valence-corrected chi connectivity index (χ4v) is 1.65. The number of aliphatic hydroxyl groups excluding tert-OH is 1. The van der Waals surface area contributed by atoms with Crippen LogP contribution in [0.3, 0.4) is 0 Å². The Morgan fingerprint density at radius 2 is 2.29 bits per heavy atom. The quantitative estimate of drug-likeness (QED) is 0.882. The highest BCUT2D eigenvalue weighted by Crippen LogP contribution is 2.22. The number of furan rings is 1.